The second kappa shape index (κ2) is 6.11. The van der Waals surface area contributed by atoms with E-state index < -0.39 is 6.10 Å². The highest BCUT2D eigenvalue weighted by Crippen LogP contribution is 2.19. The van der Waals surface area contributed by atoms with Crippen molar-refractivity contribution in [2.75, 3.05) is 5.32 Å². The smallest absolute Gasteiger partial charge is 0.176 e. The van der Waals surface area contributed by atoms with Crippen molar-refractivity contribution < 1.29 is 5.11 Å². The van der Waals surface area contributed by atoms with Gasteiger partial charge in [-0.15, -0.1) is 14.8 Å². The molecule has 0 radical (unpaired) electrons. The summed E-state index contributed by atoms with van der Waals surface area (Å²) in [5.74, 6) is 1.40. The number of fused-ring (bicyclic) bond motifs is 1. The van der Waals surface area contributed by atoms with Crippen LogP contribution in [-0.4, -0.2) is 31.0 Å². The molecule has 0 spiro atoms. The predicted molar refractivity (Wildman–Crippen MR) is 84.6 cm³/mol. The highest BCUT2D eigenvalue weighted by atomic mass is 16.3. The molecule has 2 N–H and O–H groups in total. The van der Waals surface area contributed by atoms with Gasteiger partial charge in [-0.3, -0.25) is 0 Å². The molecule has 0 bridgehead atoms. The summed E-state index contributed by atoms with van der Waals surface area (Å²) in [5, 5.41) is 22.1. The van der Waals surface area contributed by atoms with Gasteiger partial charge in [0.15, 0.2) is 5.65 Å². The Kier molecular flexibility index (Phi) is 4.02. The van der Waals surface area contributed by atoms with Crippen molar-refractivity contribution >= 4 is 11.5 Å². The summed E-state index contributed by atoms with van der Waals surface area (Å²) in [4.78, 5) is 4.24. The molecule has 0 aliphatic heterocycles. The Bertz CT molecular complexity index is 756. The number of aliphatic hydroxyl groups is 1. The van der Waals surface area contributed by atoms with Gasteiger partial charge in [0.2, 0.25) is 0 Å². The Balaban J connectivity index is 1.66. The molecular formula is C16H19N5O. The third-order valence-electron chi connectivity index (χ3n) is 3.47. The predicted octanol–water partition coefficient (Wildman–Crippen LogP) is 2.36. The molecule has 3 aromatic rings. The molecule has 1 aromatic carbocycles. The lowest BCUT2D eigenvalue weighted by molar-refractivity contribution is 0.162. The maximum absolute atomic E-state index is 10.3. The molecule has 22 heavy (non-hydrogen) atoms. The first-order valence-electron chi connectivity index (χ1n) is 7.32. The van der Waals surface area contributed by atoms with Crippen LogP contribution in [0.2, 0.25) is 0 Å². The number of hydrogen-bond acceptors (Lipinski definition) is 5. The van der Waals surface area contributed by atoms with Crippen LogP contribution in [0.3, 0.4) is 0 Å². The molecule has 2 heterocycles. The van der Waals surface area contributed by atoms with Crippen molar-refractivity contribution in [2.45, 2.75) is 32.4 Å². The van der Waals surface area contributed by atoms with Crippen molar-refractivity contribution in [2.24, 2.45) is 0 Å². The van der Waals surface area contributed by atoms with Gasteiger partial charge in [0.25, 0.3) is 0 Å². The molecule has 0 saturated carbocycles. The van der Waals surface area contributed by atoms with Gasteiger partial charge in [0.05, 0.1) is 6.10 Å². The maximum Gasteiger partial charge on any atom is 0.176 e. The fourth-order valence-corrected chi connectivity index (χ4v) is 2.42. The van der Waals surface area contributed by atoms with Crippen LogP contribution in [0, 0.1) is 6.92 Å². The van der Waals surface area contributed by atoms with Crippen molar-refractivity contribution in [1.82, 2.24) is 19.8 Å². The normalized spacial score (nSPS) is 14.0. The van der Waals surface area contributed by atoms with Gasteiger partial charge in [-0.05, 0) is 38.0 Å². The molecule has 0 saturated heterocycles. The van der Waals surface area contributed by atoms with E-state index in [-0.39, 0.29) is 6.04 Å². The molecule has 0 aliphatic rings. The number of benzene rings is 1. The second-order valence-corrected chi connectivity index (χ2v) is 5.43. The zero-order valence-corrected chi connectivity index (χ0v) is 12.6. The van der Waals surface area contributed by atoms with E-state index in [4.69, 9.17) is 0 Å². The van der Waals surface area contributed by atoms with Crippen LogP contribution < -0.4 is 5.32 Å². The highest BCUT2D eigenvalue weighted by molar-refractivity contribution is 5.43. The van der Waals surface area contributed by atoms with Crippen LogP contribution in [0.1, 0.15) is 30.8 Å². The van der Waals surface area contributed by atoms with E-state index >= 15 is 0 Å². The van der Waals surface area contributed by atoms with Crippen LogP contribution in [0.25, 0.3) is 5.65 Å². The Morgan fingerprint density at radius 3 is 2.68 bits per heavy atom. The van der Waals surface area contributed by atoms with Gasteiger partial charge in [0, 0.05) is 6.04 Å². The lowest BCUT2D eigenvalue weighted by Gasteiger charge is -2.18. The van der Waals surface area contributed by atoms with Crippen LogP contribution in [0.5, 0.6) is 0 Å². The molecule has 6 heteroatoms. The molecule has 0 aliphatic carbocycles. The summed E-state index contributed by atoms with van der Waals surface area (Å²) in [6.07, 6.45) is 0.0983. The first-order chi connectivity index (χ1) is 10.6. The molecule has 6 nitrogen and oxygen atoms in total. The molecule has 114 valence electrons. The summed E-state index contributed by atoms with van der Waals surface area (Å²) in [5.41, 5.74) is 1.64. The molecular weight excluding hydrogens is 278 g/mol. The third-order valence-corrected chi connectivity index (χ3v) is 3.47. The van der Waals surface area contributed by atoms with Crippen molar-refractivity contribution in [1.29, 1.82) is 0 Å². The van der Waals surface area contributed by atoms with Crippen LogP contribution >= 0.6 is 0 Å². The van der Waals surface area contributed by atoms with Gasteiger partial charge < -0.3 is 10.4 Å². The summed E-state index contributed by atoms with van der Waals surface area (Å²) < 4.78 is 1.51. The number of aliphatic hydroxyl groups excluding tert-OH is 1. The van der Waals surface area contributed by atoms with E-state index in [2.05, 4.69) is 20.5 Å². The minimum atomic E-state index is -0.499. The topological polar surface area (TPSA) is 75.3 Å². The maximum atomic E-state index is 10.3. The minimum Gasteiger partial charge on any atom is -0.388 e. The Morgan fingerprint density at radius 1 is 1.14 bits per heavy atom. The largest absolute Gasteiger partial charge is 0.388 e. The number of aryl methyl sites for hydroxylation is 1. The van der Waals surface area contributed by atoms with Crippen molar-refractivity contribution in [3.8, 4) is 0 Å². The number of nitrogens with one attached hydrogen (secondary N) is 1. The fraction of sp³-hybridized carbons (Fsp3) is 0.312. The lowest BCUT2D eigenvalue weighted by Crippen LogP contribution is -2.20. The van der Waals surface area contributed by atoms with Crippen LogP contribution in [0.15, 0.2) is 42.5 Å². The number of hydrogen-bond donors (Lipinski definition) is 2. The van der Waals surface area contributed by atoms with Gasteiger partial charge in [0.1, 0.15) is 11.6 Å². The summed E-state index contributed by atoms with van der Waals surface area (Å²) in [6.45, 7) is 3.85. The van der Waals surface area contributed by atoms with Crippen molar-refractivity contribution in [3.63, 3.8) is 0 Å². The molecule has 3 rings (SSSR count). The number of anilines is 1. The van der Waals surface area contributed by atoms with Gasteiger partial charge >= 0.3 is 0 Å². The lowest BCUT2D eigenvalue weighted by atomic mass is 10.0. The second-order valence-electron chi connectivity index (χ2n) is 5.43. The molecule has 0 fully saturated rings. The zero-order chi connectivity index (χ0) is 15.5. The molecule has 0 amide bonds. The SMILES string of the molecule is Cc1nc2ccc(NC(C)CC(O)c3ccccc3)nn2n1. The number of rotatable bonds is 5. The van der Waals surface area contributed by atoms with Gasteiger partial charge in [-0.2, -0.15) is 0 Å². The zero-order valence-electron chi connectivity index (χ0n) is 12.6. The van der Waals surface area contributed by atoms with E-state index in [1.165, 1.54) is 4.63 Å². The summed E-state index contributed by atoms with van der Waals surface area (Å²) in [6, 6.07) is 13.5. The van der Waals surface area contributed by atoms with Crippen molar-refractivity contribution in [3.05, 3.63) is 53.9 Å². The van der Waals surface area contributed by atoms with E-state index in [0.717, 1.165) is 11.2 Å². The minimum absolute atomic E-state index is 0.0739. The van der Waals surface area contributed by atoms with E-state index in [0.29, 0.717) is 18.1 Å². The first kappa shape index (κ1) is 14.5. The average Bonchev–Trinajstić information content (AvgIpc) is 2.87. The van der Waals surface area contributed by atoms with E-state index in [9.17, 15) is 5.11 Å². The summed E-state index contributed by atoms with van der Waals surface area (Å²) >= 11 is 0. The fourth-order valence-electron chi connectivity index (χ4n) is 2.42. The Hall–Kier alpha value is -2.47. The van der Waals surface area contributed by atoms with Gasteiger partial charge in [-0.25, -0.2) is 4.98 Å². The van der Waals surface area contributed by atoms with Crippen LogP contribution in [-0.2, 0) is 0 Å². The van der Waals surface area contributed by atoms with Gasteiger partial charge in [-0.1, -0.05) is 30.3 Å². The number of nitrogens with zero attached hydrogens (tertiary/aromatic N) is 4. The summed E-state index contributed by atoms with van der Waals surface area (Å²) in [7, 11) is 0. The number of aromatic nitrogens is 4. The standard InChI is InChI=1S/C16H19N5O/c1-11(10-14(22)13-6-4-3-5-7-13)17-15-8-9-16-18-12(2)19-21(16)20-15/h3-9,11,14,22H,10H2,1-2H3,(H,17,20). The third kappa shape index (κ3) is 3.23. The van der Waals surface area contributed by atoms with Crippen LogP contribution in [0.4, 0.5) is 5.82 Å². The quantitative estimate of drug-likeness (QED) is 0.756. The monoisotopic (exact) mass is 297 g/mol. The molecule has 2 aromatic heterocycles. The Labute approximate surface area is 128 Å². The van der Waals surface area contributed by atoms with E-state index in [1.54, 1.807) is 0 Å². The average molecular weight is 297 g/mol. The van der Waals surface area contributed by atoms with E-state index in [1.807, 2.05) is 56.3 Å². The highest BCUT2D eigenvalue weighted by Gasteiger charge is 2.13. The molecule has 2 atom stereocenters. The Morgan fingerprint density at radius 2 is 1.91 bits per heavy atom. The first-order valence-corrected chi connectivity index (χ1v) is 7.32. The molecule has 2 unspecified atom stereocenters.